The van der Waals surface area contributed by atoms with Gasteiger partial charge in [0.15, 0.2) is 0 Å². The predicted molar refractivity (Wildman–Crippen MR) is 70.8 cm³/mol. The molecule has 0 saturated heterocycles. The number of aliphatic hydroxyl groups excluding tert-OH is 1. The highest BCUT2D eigenvalue weighted by Gasteiger charge is 2.28. The summed E-state index contributed by atoms with van der Waals surface area (Å²) in [5.74, 6) is -0.0317. The quantitative estimate of drug-likeness (QED) is 0.660. The highest BCUT2D eigenvalue weighted by Crippen LogP contribution is 2.11. The standard InChI is InChI=1S/C13H28N2O2/c1-7-10(16)8-15-13(5,6)11(17)14-9-12(2,3)4/h10,15-16H,7-9H2,1-6H3,(H,14,17)/t10-/m1/s1. The van der Waals surface area contributed by atoms with Crippen LogP contribution in [0.3, 0.4) is 0 Å². The van der Waals surface area contributed by atoms with E-state index in [1.807, 2.05) is 20.8 Å². The molecule has 0 aliphatic heterocycles. The summed E-state index contributed by atoms with van der Waals surface area (Å²) in [6, 6.07) is 0. The molecule has 0 rings (SSSR count). The van der Waals surface area contributed by atoms with Gasteiger partial charge in [0.2, 0.25) is 5.91 Å². The molecule has 1 atom stereocenters. The lowest BCUT2D eigenvalue weighted by Gasteiger charge is -2.28. The number of amides is 1. The molecule has 0 radical (unpaired) electrons. The minimum Gasteiger partial charge on any atom is -0.392 e. The number of aliphatic hydroxyl groups is 1. The van der Waals surface area contributed by atoms with Crippen LogP contribution in [-0.2, 0) is 4.79 Å². The molecule has 0 aromatic rings. The fourth-order valence-electron chi connectivity index (χ4n) is 1.16. The van der Waals surface area contributed by atoms with Crippen LogP contribution in [0.2, 0.25) is 0 Å². The molecule has 4 heteroatoms. The van der Waals surface area contributed by atoms with Gasteiger partial charge >= 0.3 is 0 Å². The summed E-state index contributed by atoms with van der Waals surface area (Å²) in [4.78, 5) is 12.0. The highest BCUT2D eigenvalue weighted by atomic mass is 16.3. The largest absolute Gasteiger partial charge is 0.392 e. The summed E-state index contributed by atoms with van der Waals surface area (Å²) in [6.45, 7) is 12.9. The van der Waals surface area contributed by atoms with Crippen LogP contribution < -0.4 is 10.6 Å². The summed E-state index contributed by atoms with van der Waals surface area (Å²) in [6.07, 6.45) is 0.289. The van der Waals surface area contributed by atoms with Gasteiger partial charge in [-0.05, 0) is 25.7 Å². The van der Waals surface area contributed by atoms with E-state index in [0.29, 0.717) is 19.5 Å². The number of carbonyl (C=O) groups is 1. The zero-order valence-corrected chi connectivity index (χ0v) is 12.1. The van der Waals surface area contributed by atoms with Crippen molar-refractivity contribution >= 4 is 5.91 Å². The van der Waals surface area contributed by atoms with E-state index in [0.717, 1.165) is 0 Å². The lowest BCUT2D eigenvalue weighted by atomic mass is 9.96. The molecule has 0 bridgehead atoms. The first-order chi connectivity index (χ1) is 7.58. The van der Waals surface area contributed by atoms with Crippen molar-refractivity contribution in [1.82, 2.24) is 10.6 Å². The Hall–Kier alpha value is -0.610. The zero-order valence-electron chi connectivity index (χ0n) is 12.1. The SMILES string of the molecule is CC[C@@H](O)CNC(C)(C)C(=O)NCC(C)(C)C. The lowest BCUT2D eigenvalue weighted by Crippen LogP contribution is -2.55. The summed E-state index contributed by atoms with van der Waals surface area (Å²) in [5, 5.41) is 15.5. The first kappa shape index (κ1) is 16.4. The molecule has 0 aromatic heterocycles. The summed E-state index contributed by atoms with van der Waals surface area (Å²) in [7, 11) is 0. The minimum absolute atomic E-state index is 0.0317. The van der Waals surface area contributed by atoms with Gasteiger partial charge in [0.25, 0.3) is 0 Å². The molecule has 0 unspecified atom stereocenters. The van der Waals surface area contributed by atoms with E-state index in [-0.39, 0.29) is 11.3 Å². The molecule has 0 heterocycles. The molecular formula is C13H28N2O2. The van der Waals surface area contributed by atoms with Crippen molar-refractivity contribution in [3.8, 4) is 0 Å². The predicted octanol–water partition coefficient (Wildman–Crippen LogP) is 1.29. The summed E-state index contributed by atoms with van der Waals surface area (Å²) in [5.41, 5.74) is -0.573. The van der Waals surface area contributed by atoms with Gasteiger partial charge in [0, 0.05) is 13.1 Å². The molecule has 0 aromatic carbocycles. The van der Waals surface area contributed by atoms with Gasteiger partial charge in [0.05, 0.1) is 11.6 Å². The number of β-amino-alcohol motifs (C(OH)–C–C–N with tert-alkyl or cyclic N) is 1. The Balaban J connectivity index is 4.16. The number of carbonyl (C=O) groups excluding carboxylic acids is 1. The second-order valence-corrected chi connectivity index (χ2v) is 6.31. The third kappa shape index (κ3) is 7.34. The van der Waals surface area contributed by atoms with Crippen molar-refractivity contribution in [2.45, 2.75) is 59.6 Å². The van der Waals surface area contributed by atoms with E-state index < -0.39 is 11.6 Å². The molecule has 0 aliphatic rings. The normalized spacial score (nSPS) is 14.5. The molecule has 0 aliphatic carbocycles. The smallest absolute Gasteiger partial charge is 0.239 e. The van der Waals surface area contributed by atoms with Crippen molar-refractivity contribution in [1.29, 1.82) is 0 Å². The van der Waals surface area contributed by atoms with Gasteiger partial charge < -0.3 is 15.7 Å². The van der Waals surface area contributed by atoms with Crippen LogP contribution in [0, 0.1) is 5.41 Å². The topological polar surface area (TPSA) is 61.4 Å². The number of nitrogens with one attached hydrogen (secondary N) is 2. The van der Waals surface area contributed by atoms with Gasteiger partial charge in [-0.3, -0.25) is 4.79 Å². The number of rotatable bonds is 6. The molecule has 4 nitrogen and oxygen atoms in total. The average molecular weight is 244 g/mol. The first-order valence-electron chi connectivity index (χ1n) is 6.30. The average Bonchev–Trinajstić information content (AvgIpc) is 2.21. The van der Waals surface area contributed by atoms with Crippen LogP contribution in [0.15, 0.2) is 0 Å². The Morgan fingerprint density at radius 3 is 2.18 bits per heavy atom. The van der Waals surface area contributed by atoms with Gasteiger partial charge in [-0.25, -0.2) is 0 Å². The van der Waals surface area contributed by atoms with E-state index >= 15 is 0 Å². The molecule has 0 fully saturated rings. The maximum absolute atomic E-state index is 12.0. The van der Waals surface area contributed by atoms with Crippen LogP contribution in [-0.4, -0.2) is 35.7 Å². The molecule has 0 spiro atoms. The van der Waals surface area contributed by atoms with E-state index in [9.17, 15) is 9.90 Å². The summed E-state index contributed by atoms with van der Waals surface area (Å²) < 4.78 is 0. The molecule has 102 valence electrons. The van der Waals surface area contributed by atoms with Gasteiger partial charge in [-0.15, -0.1) is 0 Å². The molecule has 1 amide bonds. The zero-order chi connectivity index (χ0) is 13.7. The third-order valence-corrected chi connectivity index (χ3v) is 2.60. The first-order valence-corrected chi connectivity index (χ1v) is 6.30. The lowest BCUT2D eigenvalue weighted by molar-refractivity contribution is -0.127. The molecule has 17 heavy (non-hydrogen) atoms. The van der Waals surface area contributed by atoms with Crippen molar-refractivity contribution in [2.24, 2.45) is 5.41 Å². The van der Waals surface area contributed by atoms with E-state index in [4.69, 9.17) is 0 Å². The molecule has 3 N–H and O–H groups in total. The highest BCUT2D eigenvalue weighted by molar-refractivity contribution is 5.85. The second-order valence-electron chi connectivity index (χ2n) is 6.31. The van der Waals surface area contributed by atoms with Crippen LogP contribution in [0.5, 0.6) is 0 Å². The summed E-state index contributed by atoms with van der Waals surface area (Å²) >= 11 is 0. The monoisotopic (exact) mass is 244 g/mol. The third-order valence-electron chi connectivity index (χ3n) is 2.60. The van der Waals surface area contributed by atoms with E-state index in [1.165, 1.54) is 0 Å². The van der Waals surface area contributed by atoms with Gasteiger partial charge in [0.1, 0.15) is 0 Å². The fraction of sp³-hybridized carbons (Fsp3) is 0.923. The van der Waals surface area contributed by atoms with Gasteiger partial charge in [-0.1, -0.05) is 27.7 Å². The van der Waals surface area contributed by atoms with Crippen LogP contribution in [0.4, 0.5) is 0 Å². The second kappa shape index (κ2) is 6.36. The van der Waals surface area contributed by atoms with Gasteiger partial charge in [-0.2, -0.15) is 0 Å². The maximum Gasteiger partial charge on any atom is 0.239 e. The van der Waals surface area contributed by atoms with E-state index in [1.54, 1.807) is 0 Å². The van der Waals surface area contributed by atoms with Crippen molar-refractivity contribution in [3.63, 3.8) is 0 Å². The Bertz CT molecular complexity index is 244. The Morgan fingerprint density at radius 2 is 1.76 bits per heavy atom. The Kier molecular flexibility index (Phi) is 6.13. The van der Waals surface area contributed by atoms with Crippen molar-refractivity contribution < 1.29 is 9.90 Å². The maximum atomic E-state index is 12.0. The van der Waals surface area contributed by atoms with Crippen LogP contribution in [0.1, 0.15) is 48.0 Å². The van der Waals surface area contributed by atoms with Crippen molar-refractivity contribution in [3.05, 3.63) is 0 Å². The molecule has 0 saturated carbocycles. The van der Waals surface area contributed by atoms with Crippen molar-refractivity contribution in [2.75, 3.05) is 13.1 Å². The Labute approximate surface area is 105 Å². The minimum atomic E-state index is -0.651. The van der Waals surface area contributed by atoms with Crippen LogP contribution in [0.25, 0.3) is 0 Å². The van der Waals surface area contributed by atoms with Crippen LogP contribution >= 0.6 is 0 Å². The Morgan fingerprint density at radius 1 is 1.24 bits per heavy atom. The molecular weight excluding hydrogens is 216 g/mol. The van der Waals surface area contributed by atoms with E-state index in [2.05, 4.69) is 31.4 Å². The number of hydrogen-bond donors (Lipinski definition) is 3. The number of hydrogen-bond acceptors (Lipinski definition) is 3. The fourth-order valence-corrected chi connectivity index (χ4v) is 1.16.